The molecule has 92 valence electrons. The summed E-state index contributed by atoms with van der Waals surface area (Å²) in [5.74, 6) is 0.986. The third kappa shape index (κ3) is 1.89. The van der Waals surface area contributed by atoms with E-state index in [1.54, 1.807) is 11.3 Å². The van der Waals surface area contributed by atoms with Gasteiger partial charge in [-0.2, -0.15) is 0 Å². The van der Waals surface area contributed by atoms with Crippen LogP contribution in [0.1, 0.15) is 27.4 Å². The average molecular weight is 251 g/mol. The first-order chi connectivity index (χ1) is 8.15. The lowest BCUT2D eigenvalue weighted by Crippen LogP contribution is -2.30. The van der Waals surface area contributed by atoms with E-state index in [2.05, 4.69) is 0 Å². The van der Waals surface area contributed by atoms with Crippen molar-refractivity contribution >= 4 is 17.2 Å². The molecule has 3 rings (SSSR count). The molecular formula is C13H17NO2S. The van der Waals surface area contributed by atoms with E-state index in [4.69, 9.17) is 0 Å². The van der Waals surface area contributed by atoms with Crippen LogP contribution in [0.4, 0.5) is 0 Å². The zero-order valence-electron chi connectivity index (χ0n) is 9.93. The standard InChI is InChI=1S/C13H17NO2S/c1-8-2-5-12(17-8)13(16)14-6-9-3-4-11(15)10(9)7-14/h2,5,9-11,15H,3-4,6-7H2,1H3. The SMILES string of the molecule is Cc1ccc(C(=O)N2CC3CCC(O)C3C2)s1. The van der Waals surface area contributed by atoms with Gasteiger partial charge in [0.25, 0.3) is 5.91 Å². The Morgan fingerprint density at radius 3 is 2.88 bits per heavy atom. The van der Waals surface area contributed by atoms with Crippen molar-refractivity contribution in [3.8, 4) is 0 Å². The number of fused-ring (bicyclic) bond motifs is 1. The summed E-state index contributed by atoms with van der Waals surface area (Å²) < 4.78 is 0. The summed E-state index contributed by atoms with van der Waals surface area (Å²) in [5.41, 5.74) is 0. The zero-order valence-corrected chi connectivity index (χ0v) is 10.7. The fourth-order valence-electron chi connectivity index (χ4n) is 3.11. The second-order valence-electron chi connectivity index (χ2n) is 5.19. The molecule has 4 heteroatoms. The predicted octanol–water partition coefficient (Wildman–Crippen LogP) is 1.90. The van der Waals surface area contributed by atoms with Crippen molar-refractivity contribution in [3.63, 3.8) is 0 Å². The molecule has 1 N–H and O–H groups in total. The smallest absolute Gasteiger partial charge is 0.263 e. The van der Waals surface area contributed by atoms with Crippen LogP contribution in [0.25, 0.3) is 0 Å². The number of carbonyl (C=O) groups excluding carboxylic acids is 1. The van der Waals surface area contributed by atoms with Gasteiger partial charge in [-0.3, -0.25) is 4.79 Å². The maximum absolute atomic E-state index is 12.3. The van der Waals surface area contributed by atoms with Crippen molar-refractivity contribution < 1.29 is 9.90 Å². The van der Waals surface area contributed by atoms with E-state index < -0.39 is 0 Å². The lowest BCUT2D eigenvalue weighted by atomic mass is 10.00. The minimum Gasteiger partial charge on any atom is -0.393 e. The third-order valence-electron chi connectivity index (χ3n) is 4.06. The quantitative estimate of drug-likeness (QED) is 0.828. The van der Waals surface area contributed by atoms with Crippen LogP contribution in [0.15, 0.2) is 12.1 Å². The molecule has 17 heavy (non-hydrogen) atoms. The first-order valence-corrected chi connectivity index (χ1v) is 7.00. The number of amides is 1. The molecule has 3 nitrogen and oxygen atoms in total. The molecule has 2 fully saturated rings. The van der Waals surface area contributed by atoms with Crippen molar-refractivity contribution in [1.82, 2.24) is 4.90 Å². The number of hydrogen-bond acceptors (Lipinski definition) is 3. The molecule has 3 unspecified atom stereocenters. The van der Waals surface area contributed by atoms with E-state index in [-0.39, 0.29) is 12.0 Å². The van der Waals surface area contributed by atoms with E-state index in [9.17, 15) is 9.90 Å². The summed E-state index contributed by atoms with van der Waals surface area (Å²) in [4.78, 5) is 16.2. The van der Waals surface area contributed by atoms with Crippen LogP contribution >= 0.6 is 11.3 Å². The van der Waals surface area contributed by atoms with Gasteiger partial charge >= 0.3 is 0 Å². The molecule has 1 aromatic heterocycles. The molecule has 2 aliphatic rings. The molecule has 1 aliphatic heterocycles. The number of hydrogen-bond donors (Lipinski definition) is 1. The molecule has 1 aromatic rings. The Hall–Kier alpha value is -0.870. The number of likely N-dealkylation sites (tertiary alicyclic amines) is 1. The Morgan fingerprint density at radius 1 is 1.41 bits per heavy atom. The van der Waals surface area contributed by atoms with Crippen LogP contribution in [-0.4, -0.2) is 35.1 Å². The topological polar surface area (TPSA) is 40.5 Å². The number of aliphatic hydroxyl groups excluding tert-OH is 1. The molecule has 0 aromatic carbocycles. The minimum absolute atomic E-state index is 0.143. The van der Waals surface area contributed by atoms with Crippen molar-refractivity contribution in [3.05, 3.63) is 21.9 Å². The van der Waals surface area contributed by atoms with Crippen LogP contribution in [0.3, 0.4) is 0 Å². The Bertz CT molecular complexity index is 442. The second-order valence-corrected chi connectivity index (χ2v) is 6.48. The summed E-state index contributed by atoms with van der Waals surface area (Å²) in [6.45, 7) is 3.59. The molecular weight excluding hydrogens is 234 g/mol. The first-order valence-electron chi connectivity index (χ1n) is 6.19. The number of carbonyl (C=O) groups is 1. The number of aliphatic hydroxyl groups is 1. The molecule has 1 saturated heterocycles. The fourth-order valence-corrected chi connectivity index (χ4v) is 3.94. The van der Waals surface area contributed by atoms with Gasteiger partial charge in [0.05, 0.1) is 11.0 Å². The molecule has 0 radical (unpaired) electrons. The van der Waals surface area contributed by atoms with Gasteiger partial charge in [0.2, 0.25) is 0 Å². The number of aryl methyl sites for hydroxylation is 1. The second kappa shape index (κ2) is 4.10. The maximum atomic E-state index is 12.3. The highest BCUT2D eigenvalue weighted by Gasteiger charge is 2.43. The van der Waals surface area contributed by atoms with Crippen molar-refractivity contribution in [2.45, 2.75) is 25.9 Å². The highest BCUT2D eigenvalue weighted by Crippen LogP contribution is 2.38. The Labute approximate surface area is 105 Å². The van der Waals surface area contributed by atoms with Gasteiger partial charge in [-0.05, 0) is 37.8 Å². The van der Waals surface area contributed by atoms with Gasteiger partial charge in [0.1, 0.15) is 0 Å². The lowest BCUT2D eigenvalue weighted by molar-refractivity contribution is 0.0757. The molecule has 0 bridgehead atoms. The van der Waals surface area contributed by atoms with Crippen LogP contribution < -0.4 is 0 Å². The van der Waals surface area contributed by atoms with Gasteiger partial charge in [0.15, 0.2) is 0 Å². The predicted molar refractivity (Wildman–Crippen MR) is 67.2 cm³/mol. The Morgan fingerprint density at radius 2 is 2.24 bits per heavy atom. The van der Waals surface area contributed by atoms with E-state index >= 15 is 0 Å². The van der Waals surface area contributed by atoms with E-state index in [1.807, 2.05) is 24.0 Å². The number of nitrogens with zero attached hydrogens (tertiary/aromatic N) is 1. The molecule has 0 spiro atoms. The highest BCUT2D eigenvalue weighted by molar-refractivity contribution is 7.13. The van der Waals surface area contributed by atoms with Crippen molar-refractivity contribution in [2.24, 2.45) is 11.8 Å². The first kappa shape index (κ1) is 11.2. The normalized spacial score (nSPS) is 31.9. The van der Waals surface area contributed by atoms with Gasteiger partial charge in [0, 0.05) is 23.9 Å². The maximum Gasteiger partial charge on any atom is 0.263 e. The summed E-state index contributed by atoms with van der Waals surface area (Å²) in [6, 6.07) is 3.90. The summed E-state index contributed by atoms with van der Waals surface area (Å²) in [5, 5.41) is 9.84. The van der Waals surface area contributed by atoms with E-state index in [0.29, 0.717) is 11.8 Å². The van der Waals surface area contributed by atoms with Gasteiger partial charge in [-0.1, -0.05) is 0 Å². The molecule has 2 heterocycles. The zero-order chi connectivity index (χ0) is 12.0. The fraction of sp³-hybridized carbons (Fsp3) is 0.615. The number of thiophene rings is 1. The van der Waals surface area contributed by atoms with Crippen LogP contribution in [0.2, 0.25) is 0 Å². The van der Waals surface area contributed by atoms with Gasteiger partial charge in [-0.15, -0.1) is 11.3 Å². The number of rotatable bonds is 1. The van der Waals surface area contributed by atoms with E-state index in [0.717, 1.165) is 30.8 Å². The van der Waals surface area contributed by atoms with Gasteiger partial charge in [-0.25, -0.2) is 0 Å². The van der Waals surface area contributed by atoms with E-state index in [1.165, 1.54) is 4.88 Å². The largest absolute Gasteiger partial charge is 0.393 e. The Kier molecular flexibility index (Phi) is 2.71. The van der Waals surface area contributed by atoms with Crippen LogP contribution in [0, 0.1) is 18.8 Å². The van der Waals surface area contributed by atoms with Crippen molar-refractivity contribution in [2.75, 3.05) is 13.1 Å². The molecule has 1 aliphatic carbocycles. The molecule has 3 atom stereocenters. The van der Waals surface area contributed by atoms with Crippen LogP contribution in [-0.2, 0) is 0 Å². The average Bonchev–Trinajstić information content (AvgIpc) is 2.96. The monoisotopic (exact) mass is 251 g/mol. The Balaban J connectivity index is 1.73. The minimum atomic E-state index is -0.192. The van der Waals surface area contributed by atoms with Crippen LogP contribution in [0.5, 0.6) is 0 Å². The third-order valence-corrected chi connectivity index (χ3v) is 5.05. The summed E-state index contributed by atoms with van der Waals surface area (Å²) >= 11 is 1.56. The van der Waals surface area contributed by atoms with Crippen molar-refractivity contribution in [1.29, 1.82) is 0 Å². The highest BCUT2D eigenvalue weighted by atomic mass is 32.1. The lowest BCUT2D eigenvalue weighted by Gasteiger charge is -2.17. The molecule has 1 amide bonds. The molecule has 1 saturated carbocycles. The summed E-state index contributed by atoms with van der Waals surface area (Å²) in [7, 11) is 0. The summed E-state index contributed by atoms with van der Waals surface area (Å²) in [6.07, 6.45) is 1.79. The van der Waals surface area contributed by atoms with Gasteiger partial charge < -0.3 is 10.0 Å².